The van der Waals surface area contributed by atoms with E-state index in [4.69, 9.17) is 0 Å². The molecule has 3 fully saturated rings. The molecule has 8 heteroatoms. The van der Waals surface area contributed by atoms with Crippen LogP contribution in [0.25, 0.3) is 0 Å². The molecule has 1 saturated carbocycles. The lowest BCUT2D eigenvalue weighted by atomic mass is 9.91. The number of benzene rings is 2. The number of amides is 4. The maximum Gasteiger partial charge on any atom is 0.329 e. The quantitative estimate of drug-likeness (QED) is 0.449. The molecule has 7 nitrogen and oxygen atoms in total. The van der Waals surface area contributed by atoms with Crippen LogP contribution in [0.5, 0.6) is 0 Å². The number of aromatic nitrogens is 1. The van der Waals surface area contributed by atoms with Crippen molar-refractivity contribution in [2.45, 2.75) is 56.8 Å². The minimum Gasteiger partial charge on any atom is -0.320 e. The van der Waals surface area contributed by atoms with E-state index in [-0.39, 0.29) is 24.1 Å². The van der Waals surface area contributed by atoms with Gasteiger partial charge in [0.2, 0.25) is 0 Å². The summed E-state index contributed by atoms with van der Waals surface area (Å²) in [6.45, 7) is 1.69. The van der Waals surface area contributed by atoms with Crippen molar-refractivity contribution in [1.29, 1.82) is 0 Å². The first-order chi connectivity index (χ1) is 17.7. The number of carbonyl (C=O) groups is 2. The van der Waals surface area contributed by atoms with Gasteiger partial charge in [-0.2, -0.15) is 0 Å². The summed E-state index contributed by atoms with van der Waals surface area (Å²) in [5, 5.41) is 2.03. The Bertz CT molecular complexity index is 1130. The Balaban J connectivity index is 1.24. The Morgan fingerprint density at radius 3 is 2.00 bits per heavy atom. The summed E-state index contributed by atoms with van der Waals surface area (Å²) in [6, 6.07) is 20.1. The van der Waals surface area contributed by atoms with Crippen molar-refractivity contribution >= 4 is 34.8 Å². The number of para-hydroxylation sites is 2. The number of nitrogens with zero attached hydrogens (tertiary/aromatic N) is 5. The van der Waals surface area contributed by atoms with Crippen LogP contribution in [0.15, 0.2) is 71.6 Å². The molecule has 3 aromatic rings. The lowest BCUT2D eigenvalue weighted by molar-refractivity contribution is 0.0197. The molecule has 2 aromatic carbocycles. The zero-order valence-electron chi connectivity index (χ0n) is 20.3. The number of carbonyl (C=O) groups excluding carboxylic acids is 2. The molecule has 1 aliphatic carbocycles. The highest BCUT2D eigenvalue weighted by Crippen LogP contribution is 2.36. The highest BCUT2D eigenvalue weighted by atomic mass is 32.1. The Hall–Kier alpha value is -3.39. The average molecular weight is 502 g/mol. The third-order valence-corrected chi connectivity index (χ3v) is 8.12. The van der Waals surface area contributed by atoms with Crippen LogP contribution in [0, 0.1) is 0 Å². The maximum absolute atomic E-state index is 14.0. The van der Waals surface area contributed by atoms with E-state index >= 15 is 0 Å². The lowest BCUT2D eigenvalue weighted by Gasteiger charge is -2.51. The fourth-order valence-electron chi connectivity index (χ4n) is 5.62. The first-order valence-corrected chi connectivity index (χ1v) is 13.8. The molecule has 2 aliphatic heterocycles. The summed E-state index contributed by atoms with van der Waals surface area (Å²) in [7, 11) is 0. The number of thiazole rings is 1. The Kier molecular flexibility index (Phi) is 6.35. The van der Waals surface area contributed by atoms with Gasteiger partial charge >= 0.3 is 12.1 Å². The van der Waals surface area contributed by atoms with Gasteiger partial charge in [-0.05, 0) is 56.4 Å². The standard InChI is InChI=1S/C28H31N5O2S/c34-27(32(23-8-3-1-4-9-23)24-10-5-2-6-11-24)30-17-25-12-7-13-26(18-30)33(25)28(35)31(22-14-15-22)16-21-19-36-20-29-21/h1-6,8-11,19-20,22,25-26H,7,12-18H2/t25-,26+. The third kappa shape index (κ3) is 4.57. The molecule has 0 unspecified atom stereocenters. The van der Waals surface area contributed by atoms with Gasteiger partial charge in [-0.25, -0.2) is 14.6 Å². The van der Waals surface area contributed by atoms with Crippen molar-refractivity contribution in [3.63, 3.8) is 0 Å². The molecule has 2 bridgehead atoms. The summed E-state index contributed by atoms with van der Waals surface area (Å²) >= 11 is 1.57. The van der Waals surface area contributed by atoms with Crippen molar-refractivity contribution in [1.82, 2.24) is 19.7 Å². The summed E-state index contributed by atoms with van der Waals surface area (Å²) < 4.78 is 0. The van der Waals surface area contributed by atoms with E-state index in [9.17, 15) is 9.59 Å². The fourth-order valence-corrected chi connectivity index (χ4v) is 6.17. The van der Waals surface area contributed by atoms with Crippen molar-refractivity contribution < 1.29 is 9.59 Å². The molecule has 0 N–H and O–H groups in total. The number of rotatable bonds is 5. The zero-order valence-corrected chi connectivity index (χ0v) is 21.1. The second kappa shape index (κ2) is 9.93. The number of piperidine rings is 1. The molecule has 3 aliphatic rings. The second-order valence-corrected chi connectivity index (χ2v) is 10.7. The maximum atomic E-state index is 14.0. The molecular formula is C28H31N5O2S. The van der Waals surface area contributed by atoms with Crippen LogP contribution in [-0.4, -0.2) is 63.0 Å². The smallest absolute Gasteiger partial charge is 0.320 e. The minimum absolute atomic E-state index is 0.0297. The van der Waals surface area contributed by atoms with Crippen molar-refractivity contribution in [2.24, 2.45) is 0 Å². The number of hydrogen-bond acceptors (Lipinski definition) is 4. The molecule has 0 spiro atoms. The predicted octanol–water partition coefficient (Wildman–Crippen LogP) is 5.72. The molecule has 6 rings (SSSR count). The molecule has 2 saturated heterocycles. The van der Waals surface area contributed by atoms with E-state index in [1.807, 2.05) is 81.4 Å². The summed E-state index contributed by atoms with van der Waals surface area (Å²) in [6.07, 6.45) is 5.08. The highest BCUT2D eigenvalue weighted by Gasteiger charge is 2.46. The van der Waals surface area contributed by atoms with E-state index in [2.05, 4.69) is 9.88 Å². The van der Waals surface area contributed by atoms with Crippen LogP contribution in [-0.2, 0) is 6.54 Å². The lowest BCUT2D eigenvalue weighted by Crippen LogP contribution is -2.66. The topological polar surface area (TPSA) is 60.0 Å². The number of piperazine rings is 1. The van der Waals surface area contributed by atoms with Gasteiger partial charge in [0, 0.05) is 24.5 Å². The van der Waals surface area contributed by atoms with E-state index < -0.39 is 0 Å². The van der Waals surface area contributed by atoms with E-state index in [1.54, 1.807) is 16.2 Å². The van der Waals surface area contributed by atoms with Crippen LogP contribution in [0.4, 0.5) is 21.0 Å². The molecular weight excluding hydrogens is 470 g/mol. The first kappa shape index (κ1) is 23.0. The van der Waals surface area contributed by atoms with E-state index in [0.29, 0.717) is 25.7 Å². The average Bonchev–Trinajstić information content (AvgIpc) is 3.62. The van der Waals surface area contributed by atoms with Crippen molar-refractivity contribution in [3.8, 4) is 0 Å². The van der Waals surface area contributed by atoms with Crippen LogP contribution in [0.1, 0.15) is 37.8 Å². The monoisotopic (exact) mass is 501 g/mol. The zero-order chi connectivity index (χ0) is 24.5. The van der Waals surface area contributed by atoms with Crippen LogP contribution < -0.4 is 4.90 Å². The van der Waals surface area contributed by atoms with Crippen molar-refractivity contribution in [2.75, 3.05) is 18.0 Å². The van der Waals surface area contributed by atoms with Gasteiger partial charge < -0.3 is 14.7 Å². The number of fused-ring (bicyclic) bond motifs is 2. The fraction of sp³-hybridized carbons (Fsp3) is 0.393. The second-order valence-electron chi connectivity index (χ2n) is 9.96. The SMILES string of the molecule is O=C(N1C[C@H]2CCC[C@@H](C1)N2C(=O)N(Cc1cscn1)C1CC1)N(c1ccccc1)c1ccccc1. The van der Waals surface area contributed by atoms with Crippen LogP contribution >= 0.6 is 11.3 Å². The number of hydrogen-bond donors (Lipinski definition) is 0. The normalized spacial score (nSPS) is 21.2. The number of anilines is 2. The van der Waals surface area contributed by atoms with Crippen LogP contribution in [0.3, 0.4) is 0 Å². The van der Waals surface area contributed by atoms with Gasteiger partial charge in [0.25, 0.3) is 0 Å². The summed E-state index contributed by atoms with van der Waals surface area (Å²) in [5.74, 6) is 0. The molecule has 36 heavy (non-hydrogen) atoms. The van der Waals surface area contributed by atoms with E-state index in [1.165, 1.54) is 0 Å². The first-order valence-electron chi connectivity index (χ1n) is 12.8. The number of likely N-dealkylation sites (tertiary alicyclic amines) is 1. The van der Waals surface area contributed by atoms with Gasteiger partial charge in [0.05, 0.1) is 41.2 Å². The van der Waals surface area contributed by atoms with Gasteiger partial charge in [-0.1, -0.05) is 36.4 Å². The van der Waals surface area contributed by atoms with E-state index in [0.717, 1.165) is 49.2 Å². The minimum atomic E-state index is -0.0297. The Morgan fingerprint density at radius 1 is 0.861 bits per heavy atom. The molecule has 3 heterocycles. The molecule has 186 valence electrons. The molecule has 0 radical (unpaired) electrons. The molecule has 1 aromatic heterocycles. The largest absolute Gasteiger partial charge is 0.329 e. The number of urea groups is 2. The highest BCUT2D eigenvalue weighted by molar-refractivity contribution is 7.07. The Labute approximate surface area is 215 Å². The van der Waals surface area contributed by atoms with Crippen molar-refractivity contribution in [3.05, 3.63) is 77.2 Å². The van der Waals surface area contributed by atoms with Crippen LogP contribution in [0.2, 0.25) is 0 Å². The third-order valence-electron chi connectivity index (χ3n) is 7.48. The molecule has 4 amide bonds. The summed E-state index contributed by atoms with van der Waals surface area (Å²) in [4.78, 5) is 40.2. The van der Waals surface area contributed by atoms with Gasteiger partial charge in [-0.3, -0.25) is 4.90 Å². The summed E-state index contributed by atoms with van der Waals surface area (Å²) in [5.41, 5.74) is 4.48. The molecule has 2 atom stereocenters. The van der Waals surface area contributed by atoms with Gasteiger partial charge in [0.1, 0.15) is 0 Å². The predicted molar refractivity (Wildman–Crippen MR) is 141 cm³/mol. The van der Waals surface area contributed by atoms with Gasteiger partial charge in [-0.15, -0.1) is 11.3 Å². The Morgan fingerprint density at radius 2 is 1.47 bits per heavy atom. The van der Waals surface area contributed by atoms with Gasteiger partial charge in [0.15, 0.2) is 0 Å².